The standard InChI is InChI=1S/C9H7N3O/c13-8-4-2-1-3-7(8)9-10-5-6-11-12-9/h1-6,13H. The Morgan fingerprint density at radius 2 is 1.92 bits per heavy atom. The Labute approximate surface area is 74.9 Å². The van der Waals surface area contributed by atoms with Crippen molar-refractivity contribution in [3.8, 4) is 17.1 Å². The molecule has 13 heavy (non-hydrogen) atoms. The number of phenolic OH excluding ortho intramolecular Hbond substituents is 1. The predicted octanol–water partition coefficient (Wildman–Crippen LogP) is 1.24. The summed E-state index contributed by atoms with van der Waals surface area (Å²) in [6, 6.07) is 6.89. The van der Waals surface area contributed by atoms with Crippen molar-refractivity contribution in [3.63, 3.8) is 0 Å². The van der Waals surface area contributed by atoms with Crippen LogP contribution in [0.4, 0.5) is 0 Å². The molecule has 1 aromatic heterocycles. The zero-order chi connectivity index (χ0) is 9.10. The van der Waals surface area contributed by atoms with Gasteiger partial charge in [0.05, 0.1) is 11.8 Å². The Balaban J connectivity index is 2.54. The molecule has 0 amide bonds. The van der Waals surface area contributed by atoms with Crippen molar-refractivity contribution in [1.82, 2.24) is 15.2 Å². The van der Waals surface area contributed by atoms with Crippen molar-refractivity contribution in [2.24, 2.45) is 0 Å². The molecule has 0 saturated carbocycles. The van der Waals surface area contributed by atoms with Crippen LogP contribution in [-0.4, -0.2) is 20.3 Å². The van der Waals surface area contributed by atoms with E-state index in [0.29, 0.717) is 11.4 Å². The molecule has 1 aromatic carbocycles. The Morgan fingerprint density at radius 1 is 1.08 bits per heavy atom. The molecule has 2 aromatic rings. The van der Waals surface area contributed by atoms with E-state index in [1.807, 2.05) is 6.07 Å². The van der Waals surface area contributed by atoms with Gasteiger partial charge in [-0.2, -0.15) is 5.10 Å². The minimum absolute atomic E-state index is 0.163. The molecule has 0 fully saturated rings. The lowest BCUT2D eigenvalue weighted by Crippen LogP contribution is -1.89. The summed E-state index contributed by atoms with van der Waals surface area (Å²) in [4.78, 5) is 3.98. The average molecular weight is 173 g/mol. The van der Waals surface area contributed by atoms with Gasteiger partial charge in [0.2, 0.25) is 0 Å². The van der Waals surface area contributed by atoms with Crippen LogP contribution >= 0.6 is 0 Å². The molecule has 1 N–H and O–H groups in total. The molecule has 0 atom stereocenters. The molecule has 2 rings (SSSR count). The Kier molecular flexibility index (Phi) is 1.88. The normalized spacial score (nSPS) is 9.85. The highest BCUT2D eigenvalue weighted by Gasteiger charge is 2.04. The second-order valence-electron chi connectivity index (χ2n) is 2.48. The van der Waals surface area contributed by atoms with Crippen molar-refractivity contribution in [2.45, 2.75) is 0 Å². The van der Waals surface area contributed by atoms with E-state index in [1.165, 1.54) is 12.4 Å². The number of hydrogen-bond acceptors (Lipinski definition) is 4. The van der Waals surface area contributed by atoms with Crippen molar-refractivity contribution in [1.29, 1.82) is 0 Å². The first kappa shape index (κ1) is 7.67. The fraction of sp³-hybridized carbons (Fsp3) is 0. The van der Waals surface area contributed by atoms with Gasteiger partial charge in [-0.3, -0.25) is 0 Å². The zero-order valence-electron chi connectivity index (χ0n) is 6.75. The van der Waals surface area contributed by atoms with E-state index in [1.54, 1.807) is 18.2 Å². The Hall–Kier alpha value is -1.97. The molecule has 0 aliphatic carbocycles. The van der Waals surface area contributed by atoms with Crippen molar-refractivity contribution in [2.75, 3.05) is 0 Å². The topological polar surface area (TPSA) is 58.9 Å². The Morgan fingerprint density at radius 3 is 2.62 bits per heavy atom. The third-order valence-electron chi connectivity index (χ3n) is 1.63. The summed E-state index contributed by atoms with van der Waals surface area (Å²) in [6.45, 7) is 0. The van der Waals surface area contributed by atoms with E-state index in [-0.39, 0.29) is 5.75 Å². The van der Waals surface area contributed by atoms with Gasteiger partial charge in [0, 0.05) is 6.20 Å². The highest BCUT2D eigenvalue weighted by Crippen LogP contribution is 2.24. The third-order valence-corrected chi connectivity index (χ3v) is 1.63. The molecule has 0 aliphatic rings. The van der Waals surface area contributed by atoms with Crippen LogP contribution < -0.4 is 0 Å². The summed E-state index contributed by atoms with van der Waals surface area (Å²) >= 11 is 0. The second kappa shape index (κ2) is 3.18. The smallest absolute Gasteiger partial charge is 0.185 e. The fourth-order valence-electron chi connectivity index (χ4n) is 1.03. The molecule has 64 valence electrons. The second-order valence-corrected chi connectivity index (χ2v) is 2.48. The van der Waals surface area contributed by atoms with E-state index >= 15 is 0 Å². The quantitative estimate of drug-likeness (QED) is 0.704. The number of rotatable bonds is 1. The van der Waals surface area contributed by atoms with Gasteiger partial charge < -0.3 is 5.11 Å². The van der Waals surface area contributed by atoms with Gasteiger partial charge in [0.25, 0.3) is 0 Å². The molecule has 4 heteroatoms. The first-order valence-corrected chi connectivity index (χ1v) is 3.80. The minimum atomic E-state index is 0.163. The summed E-state index contributed by atoms with van der Waals surface area (Å²) in [5.74, 6) is 0.594. The highest BCUT2D eigenvalue weighted by atomic mass is 16.3. The lowest BCUT2D eigenvalue weighted by molar-refractivity contribution is 0.477. The highest BCUT2D eigenvalue weighted by molar-refractivity contribution is 5.62. The van der Waals surface area contributed by atoms with Crippen LogP contribution in [0.25, 0.3) is 11.4 Å². The molecular formula is C9H7N3O. The number of para-hydroxylation sites is 1. The van der Waals surface area contributed by atoms with Gasteiger partial charge in [-0.05, 0) is 12.1 Å². The van der Waals surface area contributed by atoms with Crippen LogP contribution in [0.2, 0.25) is 0 Å². The van der Waals surface area contributed by atoms with Crippen LogP contribution in [0, 0.1) is 0 Å². The van der Waals surface area contributed by atoms with E-state index < -0.39 is 0 Å². The van der Waals surface area contributed by atoms with Crippen molar-refractivity contribution < 1.29 is 5.11 Å². The first-order chi connectivity index (χ1) is 6.38. The number of nitrogens with zero attached hydrogens (tertiary/aromatic N) is 3. The van der Waals surface area contributed by atoms with Gasteiger partial charge in [-0.25, -0.2) is 4.98 Å². The van der Waals surface area contributed by atoms with E-state index in [9.17, 15) is 5.11 Å². The molecule has 0 radical (unpaired) electrons. The maximum absolute atomic E-state index is 9.46. The van der Waals surface area contributed by atoms with Crippen LogP contribution in [-0.2, 0) is 0 Å². The maximum atomic E-state index is 9.46. The zero-order valence-corrected chi connectivity index (χ0v) is 6.75. The molecule has 1 heterocycles. The molecule has 0 aliphatic heterocycles. The molecule has 4 nitrogen and oxygen atoms in total. The lowest BCUT2D eigenvalue weighted by atomic mass is 10.2. The van der Waals surface area contributed by atoms with Gasteiger partial charge in [-0.15, -0.1) is 5.10 Å². The number of phenols is 1. The lowest BCUT2D eigenvalue weighted by Gasteiger charge is -1.99. The summed E-state index contributed by atoms with van der Waals surface area (Å²) in [5.41, 5.74) is 0.593. The molecule has 0 unspecified atom stereocenters. The SMILES string of the molecule is Oc1ccccc1-c1nccnn1. The number of benzene rings is 1. The van der Waals surface area contributed by atoms with Gasteiger partial charge >= 0.3 is 0 Å². The molecule has 0 bridgehead atoms. The van der Waals surface area contributed by atoms with Crippen LogP contribution in [0.3, 0.4) is 0 Å². The predicted molar refractivity (Wildman–Crippen MR) is 46.9 cm³/mol. The van der Waals surface area contributed by atoms with E-state index in [0.717, 1.165) is 0 Å². The van der Waals surface area contributed by atoms with E-state index in [4.69, 9.17) is 0 Å². The van der Waals surface area contributed by atoms with Crippen molar-refractivity contribution in [3.05, 3.63) is 36.7 Å². The van der Waals surface area contributed by atoms with Gasteiger partial charge in [0.1, 0.15) is 5.75 Å². The van der Waals surface area contributed by atoms with E-state index in [2.05, 4.69) is 15.2 Å². The van der Waals surface area contributed by atoms with Crippen LogP contribution in [0.15, 0.2) is 36.7 Å². The Bertz CT molecular complexity index is 403. The summed E-state index contributed by atoms with van der Waals surface area (Å²) < 4.78 is 0. The minimum Gasteiger partial charge on any atom is -0.507 e. The largest absolute Gasteiger partial charge is 0.507 e. The number of hydrogen-bond donors (Lipinski definition) is 1. The van der Waals surface area contributed by atoms with Crippen molar-refractivity contribution >= 4 is 0 Å². The molecule has 0 spiro atoms. The fourth-order valence-corrected chi connectivity index (χ4v) is 1.03. The van der Waals surface area contributed by atoms with Gasteiger partial charge in [0.15, 0.2) is 5.82 Å². The van der Waals surface area contributed by atoms with Gasteiger partial charge in [-0.1, -0.05) is 12.1 Å². The summed E-state index contributed by atoms with van der Waals surface area (Å²) in [5, 5.41) is 16.9. The molecular weight excluding hydrogens is 166 g/mol. The average Bonchev–Trinajstić information content (AvgIpc) is 2.20. The first-order valence-electron chi connectivity index (χ1n) is 3.80. The van der Waals surface area contributed by atoms with Crippen LogP contribution in [0.1, 0.15) is 0 Å². The molecule has 0 saturated heterocycles. The summed E-state index contributed by atoms with van der Waals surface area (Å²) in [7, 11) is 0. The number of aromatic hydroxyl groups is 1. The maximum Gasteiger partial charge on any atom is 0.185 e. The number of aromatic nitrogens is 3. The van der Waals surface area contributed by atoms with Crippen LogP contribution in [0.5, 0.6) is 5.75 Å². The monoisotopic (exact) mass is 173 g/mol. The third kappa shape index (κ3) is 1.46. The summed E-state index contributed by atoms with van der Waals surface area (Å²) in [6.07, 6.45) is 3.03.